The van der Waals surface area contributed by atoms with Gasteiger partial charge in [-0.2, -0.15) is 0 Å². The predicted molar refractivity (Wildman–Crippen MR) is 95.8 cm³/mol. The van der Waals surface area contributed by atoms with Gasteiger partial charge in [-0.25, -0.2) is 4.79 Å². The highest BCUT2D eigenvalue weighted by Crippen LogP contribution is 2.34. The van der Waals surface area contributed by atoms with Crippen LogP contribution in [0.5, 0.6) is 0 Å². The van der Waals surface area contributed by atoms with E-state index >= 15 is 0 Å². The van der Waals surface area contributed by atoms with Crippen LogP contribution in [0.15, 0.2) is 30.3 Å². The molecule has 0 aliphatic heterocycles. The Kier molecular flexibility index (Phi) is 5.00. The first-order chi connectivity index (χ1) is 11.6. The standard InChI is InChI=1S/C19H21NO3S/c1-3-23-19(22)17-12(2)11-16(24-17)20-18(21)15-10-6-8-13-7-4-5-9-14(13)15/h4-5,7,9,11,15H,3,6,8,10H2,1-2H3,(H,20,21). The quantitative estimate of drug-likeness (QED) is 0.843. The molecule has 0 saturated heterocycles. The van der Waals surface area contributed by atoms with Crippen molar-refractivity contribution in [3.8, 4) is 0 Å². The smallest absolute Gasteiger partial charge is 0.348 e. The van der Waals surface area contributed by atoms with Gasteiger partial charge in [0, 0.05) is 0 Å². The summed E-state index contributed by atoms with van der Waals surface area (Å²) in [5.74, 6) is -0.453. The Labute approximate surface area is 145 Å². The molecule has 1 atom stereocenters. The molecule has 1 aliphatic rings. The van der Waals surface area contributed by atoms with Crippen LogP contribution in [0.3, 0.4) is 0 Å². The second-order valence-electron chi connectivity index (χ2n) is 5.98. The molecule has 0 fully saturated rings. The zero-order chi connectivity index (χ0) is 17.1. The minimum Gasteiger partial charge on any atom is -0.462 e. The average Bonchev–Trinajstić information content (AvgIpc) is 2.95. The number of amides is 1. The van der Waals surface area contributed by atoms with Crippen LogP contribution >= 0.6 is 11.3 Å². The van der Waals surface area contributed by atoms with Gasteiger partial charge in [-0.3, -0.25) is 4.79 Å². The van der Waals surface area contributed by atoms with Gasteiger partial charge in [-0.05, 0) is 55.9 Å². The van der Waals surface area contributed by atoms with E-state index in [0.29, 0.717) is 16.5 Å². The molecule has 1 unspecified atom stereocenters. The van der Waals surface area contributed by atoms with Crippen molar-refractivity contribution in [3.63, 3.8) is 0 Å². The van der Waals surface area contributed by atoms with Gasteiger partial charge in [0.15, 0.2) is 0 Å². The SMILES string of the molecule is CCOC(=O)c1sc(NC(=O)C2CCCc3ccccc32)cc1C. The van der Waals surface area contributed by atoms with Gasteiger partial charge < -0.3 is 10.1 Å². The summed E-state index contributed by atoms with van der Waals surface area (Å²) < 4.78 is 5.05. The van der Waals surface area contributed by atoms with Crippen molar-refractivity contribution in [2.45, 2.75) is 39.0 Å². The molecule has 1 aromatic heterocycles. The molecule has 5 heteroatoms. The lowest BCUT2D eigenvalue weighted by molar-refractivity contribution is -0.117. The normalized spacial score (nSPS) is 16.3. The van der Waals surface area contributed by atoms with Crippen molar-refractivity contribution in [1.82, 2.24) is 0 Å². The lowest BCUT2D eigenvalue weighted by Gasteiger charge is -2.24. The van der Waals surface area contributed by atoms with Gasteiger partial charge in [-0.1, -0.05) is 24.3 Å². The van der Waals surface area contributed by atoms with E-state index < -0.39 is 0 Å². The van der Waals surface area contributed by atoms with Crippen LogP contribution in [0.25, 0.3) is 0 Å². The molecular weight excluding hydrogens is 322 g/mol. The molecule has 1 amide bonds. The summed E-state index contributed by atoms with van der Waals surface area (Å²) in [5, 5.41) is 3.68. The Morgan fingerprint density at radius 1 is 1.33 bits per heavy atom. The van der Waals surface area contributed by atoms with Gasteiger partial charge in [0.1, 0.15) is 4.88 Å². The zero-order valence-electron chi connectivity index (χ0n) is 13.9. The van der Waals surface area contributed by atoms with E-state index in [2.05, 4.69) is 11.4 Å². The van der Waals surface area contributed by atoms with Crippen molar-refractivity contribution in [3.05, 3.63) is 51.9 Å². The number of carbonyl (C=O) groups excluding carboxylic acids is 2. The first-order valence-electron chi connectivity index (χ1n) is 8.26. The van der Waals surface area contributed by atoms with Crippen molar-refractivity contribution < 1.29 is 14.3 Å². The minimum absolute atomic E-state index is 0.00110. The maximum atomic E-state index is 12.7. The summed E-state index contributed by atoms with van der Waals surface area (Å²) in [6, 6.07) is 9.99. The number of ether oxygens (including phenoxy) is 1. The Morgan fingerprint density at radius 3 is 2.92 bits per heavy atom. The van der Waals surface area contributed by atoms with Crippen LogP contribution in [0.2, 0.25) is 0 Å². The van der Waals surface area contributed by atoms with Crippen LogP contribution in [0, 0.1) is 6.92 Å². The monoisotopic (exact) mass is 343 g/mol. The van der Waals surface area contributed by atoms with E-state index in [4.69, 9.17) is 4.74 Å². The molecule has 1 aliphatic carbocycles. The summed E-state index contributed by atoms with van der Waals surface area (Å²) >= 11 is 1.27. The highest BCUT2D eigenvalue weighted by atomic mass is 32.1. The number of hydrogen-bond acceptors (Lipinski definition) is 4. The zero-order valence-corrected chi connectivity index (χ0v) is 14.7. The summed E-state index contributed by atoms with van der Waals surface area (Å²) in [6.07, 6.45) is 2.91. The van der Waals surface area contributed by atoms with Crippen molar-refractivity contribution in [1.29, 1.82) is 0 Å². The second-order valence-corrected chi connectivity index (χ2v) is 7.03. The van der Waals surface area contributed by atoms with E-state index in [0.717, 1.165) is 30.4 Å². The van der Waals surface area contributed by atoms with Gasteiger partial charge in [0.05, 0.1) is 17.5 Å². The van der Waals surface area contributed by atoms with E-state index in [1.807, 2.05) is 31.2 Å². The number of nitrogens with one attached hydrogen (secondary N) is 1. The largest absolute Gasteiger partial charge is 0.462 e. The lowest BCUT2D eigenvalue weighted by atomic mass is 9.82. The first kappa shape index (κ1) is 16.7. The summed E-state index contributed by atoms with van der Waals surface area (Å²) in [5.41, 5.74) is 3.22. The van der Waals surface area contributed by atoms with E-state index in [9.17, 15) is 9.59 Å². The molecule has 126 valence electrons. The first-order valence-corrected chi connectivity index (χ1v) is 9.08. The molecule has 4 nitrogen and oxygen atoms in total. The topological polar surface area (TPSA) is 55.4 Å². The van der Waals surface area contributed by atoms with E-state index in [-0.39, 0.29) is 17.8 Å². The van der Waals surface area contributed by atoms with Crippen LogP contribution in [0.4, 0.5) is 5.00 Å². The third-order valence-corrected chi connectivity index (χ3v) is 5.44. The number of thiophene rings is 1. The fourth-order valence-corrected chi connectivity index (χ4v) is 4.15. The molecule has 1 aromatic carbocycles. The van der Waals surface area contributed by atoms with Crippen LogP contribution in [-0.2, 0) is 16.0 Å². The summed E-state index contributed by atoms with van der Waals surface area (Å²) in [6.45, 7) is 3.98. The van der Waals surface area contributed by atoms with Gasteiger partial charge in [-0.15, -0.1) is 11.3 Å². The fraction of sp³-hybridized carbons (Fsp3) is 0.368. The van der Waals surface area contributed by atoms with Gasteiger partial charge >= 0.3 is 5.97 Å². The van der Waals surface area contributed by atoms with Crippen molar-refractivity contribution >= 4 is 28.2 Å². The molecular formula is C19H21NO3S. The highest BCUT2D eigenvalue weighted by molar-refractivity contribution is 7.18. The van der Waals surface area contributed by atoms with Crippen LogP contribution in [-0.4, -0.2) is 18.5 Å². The van der Waals surface area contributed by atoms with Crippen LogP contribution < -0.4 is 5.32 Å². The molecule has 2 aromatic rings. The number of fused-ring (bicyclic) bond motifs is 1. The van der Waals surface area contributed by atoms with Crippen molar-refractivity contribution in [2.24, 2.45) is 0 Å². The fourth-order valence-electron chi connectivity index (χ4n) is 3.18. The summed E-state index contributed by atoms with van der Waals surface area (Å²) in [4.78, 5) is 25.2. The predicted octanol–water partition coefficient (Wildman–Crippen LogP) is 4.29. The average molecular weight is 343 g/mol. The Bertz CT molecular complexity index is 766. The molecule has 0 spiro atoms. The molecule has 3 rings (SSSR count). The third kappa shape index (κ3) is 3.36. The summed E-state index contributed by atoms with van der Waals surface area (Å²) in [7, 11) is 0. The number of hydrogen-bond donors (Lipinski definition) is 1. The number of benzene rings is 1. The Hall–Kier alpha value is -2.14. The third-order valence-electron chi connectivity index (χ3n) is 4.31. The van der Waals surface area contributed by atoms with Crippen molar-refractivity contribution in [2.75, 3.05) is 11.9 Å². The number of aryl methyl sites for hydroxylation is 2. The molecule has 0 radical (unpaired) electrons. The molecule has 1 heterocycles. The maximum Gasteiger partial charge on any atom is 0.348 e. The second kappa shape index (κ2) is 7.18. The Morgan fingerprint density at radius 2 is 2.12 bits per heavy atom. The maximum absolute atomic E-state index is 12.7. The lowest BCUT2D eigenvalue weighted by Crippen LogP contribution is -2.24. The Balaban J connectivity index is 1.77. The molecule has 0 bridgehead atoms. The van der Waals surface area contributed by atoms with E-state index in [1.165, 1.54) is 16.9 Å². The highest BCUT2D eigenvalue weighted by Gasteiger charge is 2.27. The van der Waals surface area contributed by atoms with Gasteiger partial charge in [0.25, 0.3) is 0 Å². The minimum atomic E-state index is -0.330. The number of anilines is 1. The van der Waals surface area contributed by atoms with Gasteiger partial charge in [0.2, 0.25) is 5.91 Å². The molecule has 1 N–H and O–H groups in total. The molecule has 24 heavy (non-hydrogen) atoms. The molecule has 0 saturated carbocycles. The number of rotatable bonds is 4. The van der Waals surface area contributed by atoms with E-state index in [1.54, 1.807) is 6.92 Å². The van der Waals surface area contributed by atoms with Crippen LogP contribution in [0.1, 0.15) is 52.0 Å². The number of carbonyl (C=O) groups is 2. The number of esters is 1.